The van der Waals surface area contributed by atoms with Crippen molar-refractivity contribution in [3.63, 3.8) is 0 Å². The molecule has 0 saturated heterocycles. The minimum Gasteiger partial charge on any atom is -0.507 e. The summed E-state index contributed by atoms with van der Waals surface area (Å²) in [6.45, 7) is -0.209. The molecule has 6 nitrogen and oxygen atoms in total. The zero-order valence-electron chi connectivity index (χ0n) is 10.9. The van der Waals surface area contributed by atoms with Crippen LogP contribution in [-0.2, 0) is 0 Å². The summed E-state index contributed by atoms with van der Waals surface area (Å²) in [6, 6.07) is 2.15. The molecule has 0 aromatic heterocycles. The van der Waals surface area contributed by atoms with Gasteiger partial charge in [-0.1, -0.05) is 0 Å². The van der Waals surface area contributed by atoms with E-state index in [0.717, 1.165) is 12.1 Å². The maximum Gasteiger partial charge on any atom is 0.406 e. The van der Waals surface area contributed by atoms with Crippen molar-refractivity contribution in [2.75, 3.05) is 18.4 Å². The van der Waals surface area contributed by atoms with Crippen LogP contribution in [0.2, 0.25) is 0 Å². The SMILES string of the molecule is CCN(CC(F)(F)F)C(=O)Nc1ccc(O)c(C(=O)O)c1. The van der Waals surface area contributed by atoms with Crippen molar-refractivity contribution in [2.24, 2.45) is 0 Å². The van der Waals surface area contributed by atoms with Crippen LogP contribution >= 0.6 is 0 Å². The predicted octanol–water partition coefficient (Wildman–Crippen LogP) is 2.51. The number of amides is 2. The Morgan fingerprint density at radius 1 is 1.33 bits per heavy atom. The number of carboxylic acid groups (broad SMARTS) is 1. The van der Waals surface area contributed by atoms with Crippen LogP contribution in [0.25, 0.3) is 0 Å². The molecule has 0 aliphatic heterocycles. The summed E-state index contributed by atoms with van der Waals surface area (Å²) in [6.07, 6.45) is -4.53. The van der Waals surface area contributed by atoms with Crippen molar-refractivity contribution in [3.05, 3.63) is 23.8 Å². The monoisotopic (exact) mass is 306 g/mol. The lowest BCUT2D eigenvalue weighted by atomic mass is 10.2. The van der Waals surface area contributed by atoms with Gasteiger partial charge < -0.3 is 20.4 Å². The Hall–Kier alpha value is -2.45. The number of alkyl halides is 3. The van der Waals surface area contributed by atoms with Crippen LogP contribution in [0.15, 0.2) is 18.2 Å². The smallest absolute Gasteiger partial charge is 0.406 e. The van der Waals surface area contributed by atoms with Crippen molar-refractivity contribution >= 4 is 17.7 Å². The van der Waals surface area contributed by atoms with Gasteiger partial charge >= 0.3 is 18.2 Å². The minimum atomic E-state index is -4.53. The summed E-state index contributed by atoms with van der Waals surface area (Å²) in [7, 11) is 0. The Labute approximate surface area is 117 Å². The Morgan fingerprint density at radius 2 is 1.95 bits per heavy atom. The number of carbonyl (C=O) groups is 2. The number of benzene rings is 1. The summed E-state index contributed by atoms with van der Waals surface area (Å²) in [5.74, 6) is -1.94. The van der Waals surface area contributed by atoms with Gasteiger partial charge in [0, 0.05) is 12.2 Å². The molecule has 116 valence electrons. The highest BCUT2D eigenvalue weighted by Gasteiger charge is 2.32. The van der Waals surface area contributed by atoms with Crippen LogP contribution < -0.4 is 5.32 Å². The number of hydrogen-bond acceptors (Lipinski definition) is 3. The minimum absolute atomic E-state index is 0.0316. The van der Waals surface area contributed by atoms with Crippen molar-refractivity contribution < 1.29 is 33.0 Å². The molecule has 0 atom stereocenters. The van der Waals surface area contributed by atoms with E-state index in [-0.39, 0.29) is 12.2 Å². The van der Waals surface area contributed by atoms with Gasteiger partial charge in [0.15, 0.2) is 0 Å². The van der Waals surface area contributed by atoms with Crippen LogP contribution in [0.3, 0.4) is 0 Å². The Morgan fingerprint density at radius 3 is 2.43 bits per heavy atom. The molecule has 0 saturated carbocycles. The average molecular weight is 306 g/mol. The highest BCUT2D eigenvalue weighted by molar-refractivity contribution is 5.95. The highest BCUT2D eigenvalue weighted by Crippen LogP contribution is 2.22. The molecular weight excluding hydrogens is 293 g/mol. The maximum absolute atomic E-state index is 12.3. The first kappa shape index (κ1) is 16.6. The van der Waals surface area contributed by atoms with Crippen molar-refractivity contribution in [1.82, 2.24) is 4.90 Å². The highest BCUT2D eigenvalue weighted by atomic mass is 19.4. The van der Waals surface area contributed by atoms with Gasteiger partial charge in [-0.2, -0.15) is 13.2 Å². The van der Waals surface area contributed by atoms with E-state index in [4.69, 9.17) is 5.11 Å². The molecule has 0 bridgehead atoms. The van der Waals surface area contributed by atoms with E-state index in [1.165, 1.54) is 13.0 Å². The van der Waals surface area contributed by atoms with Gasteiger partial charge in [0.1, 0.15) is 17.9 Å². The molecule has 1 aromatic rings. The van der Waals surface area contributed by atoms with E-state index >= 15 is 0 Å². The molecule has 9 heteroatoms. The number of phenols is 1. The first-order valence-corrected chi connectivity index (χ1v) is 5.83. The number of nitrogens with zero attached hydrogens (tertiary/aromatic N) is 1. The zero-order chi connectivity index (χ0) is 16.2. The first-order chi connectivity index (χ1) is 9.64. The molecule has 0 heterocycles. The summed E-state index contributed by atoms with van der Waals surface area (Å²) in [4.78, 5) is 23.0. The molecular formula is C12H13F3N2O4. The Balaban J connectivity index is 2.87. The van der Waals surface area contributed by atoms with E-state index in [0.29, 0.717) is 4.90 Å². The number of carbonyl (C=O) groups excluding carboxylic acids is 1. The van der Waals surface area contributed by atoms with E-state index in [1.807, 2.05) is 0 Å². The molecule has 3 N–H and O–H groups in total. The summed E-state index contributed by atoms with van der Waals surface area (Å²) in [5.41, 5.74) is -0.498. The predicted molar refractivity (Wildman–Crippen MR) is 67.4 cm³/mol. The second-order valence-electron chi connectivity index (χ2n) is 4.10. The molecule has 0 radical (unpaired) electrons. The molecule has 0 spiro atoms. The fourth-order valence-electron chi connectivity index (χ4n) is 1.53. The van der Waals surface area contributed by atoms with Gasteiger partial charge in [-0.3, -0.25) is 0 Å². The number of rotatable bonds is 4. The van der Waals surface area contributed by atoms with Crippen LogP contribution in [0.1, 0.15) is 17.3 Å². The largest absolute Gasteiger partial charge is 0.507 e. The topological polar surface area (TPSA) is 89.9 Å². The van der Waals surface area contributed by atoms with E-state index in [2.05, 4.69) is 5.32 Å². The van der Waals surface area contributed by atoms with Crippen molar-refractivity contribution in [3.8, 4) is 5.75 Å². The number of nitrogens with one attached hydrogen (secondary N) is 1. The first-order valence-electron chi connectivity index (χ1n) is 5.83. The van der Waals surface area contributed by atoms with Crippen LogP contribution in [0.5, 0.6) is 5.75 Å². The third kappa shape index (κ3) is 4.86. The van der Waals surface area contributed by atoms with Gasteiger partial charge in [0.05, 0.1) is 0 Å². The third-order valence-electron chi connectivity index (χ3n) is 2.52. The van der Waals surface area contributed by atoms with Gasteiger partial charge in [0.25, 0.3) is 0 Å². The van der Waals surface area contributed by atoms with Gasteiger partial charge in [-0.05, 0) is 25.1 Å². The van der Waals surface area contributed by atoms with Crippen molar-refractivity contribution in [2.45, 2.75) is 13.1 Å². The lowest BCUT2D eigenvalue weighted by molar-refractivity contribution is -0.139. The van der Waals surface area contributed by atoms with Crippen LogP contribution in [0.4, 0.5) is 23.7 Å². The van der Waals surface area contributed by atoms with Gasteiger partial charge in [-0.15, -0.1) is 0 Å². The van der Waals surface area contributed by atoms with E-state index in [9.17, 15) is 27.9 Å². The molecule has 1 aromatic carbocycles. The van der Waals surface area contributed by atoms with Crippen LogP contribution in [0, 0.1) is 0 Å². The summed E-state index contributed by atoms with van der Waals surface area (Å²) in [5, 5.41) is 20.2. The van der Waals surface area contributed by atoms with E-state index < -0.39 is 36.0 Å². The molecule has 0 fully saturated rings. The number of urea groups is 1. The quantitative estimate of drug-likeness (QED) is 0.746. The molecule has 1 rings (SSSR count). The number of hydrogen-bond donors (Lipinski definition) is 3. The summed E-state index contributed by atoms with van der Waals surface area (Å²) >= 11 is 0. The standard InChI is InChI=1S/C12H13F3N2O4/c1-2-17(6-12(13,14)15)11(21)16-7-3-4-9(18)8(5-7)10(19)20/h3-5,18H,2,6H2,1H3,(H,16,21)(H,19,20). The molecule has 21 heavy (non-hydrogen) atoms. The zero-order valence-corrected chi connectivity index (χ0v) is 10.9. The van der Waals surface area contributed by atoms with Gasteiger partial charge in [0.2, 0.25) is 0 Å². The Kier molecular flexibility index (Phi) is 5.01. The number of aromatic carboxylic acids is 1. The third-order valence-corrected chi connectivity index (χ3v) is 2.52. The van der Waals surface area contributed by atoms with Crippen LogP contribution in [-0.4, -0.2) is 46.4 Å². The number of carboxylic acids is 1. The molecule has 0 aliphatic rings. The maximum atomic E-state index is 12.3. The van der Waals surface area contributed by atoms with Crippen molar-refractivity contribution in [1.29, 1.82) is 0 Å². The molecule has 0 aliphatic carbocycles. The molecule has 2 amide bonds. The number of halogens is 3. The number of aromatic hydroxyl groups is 1. The van der Waals surface area contributed by atoms with Gasteiger partial charge in [-0.25, -0.2) is 9.59 Å². The average Bonchev–Trinajstić information content (AvgIpc) is 2.36. The molecule has 0 unspecified atom stereocenters. The lowest BCUT2D eigenvalue weighted by Crippen LogP contribution is -2.41. The summed E-state index contributed by atoms with van der Waals surface area (Å²) < 4.78 is 36.8. The fraction of sp³-hybridized carbons (Fsp3) is 0.333. The second-order valence-corrected chi connectivity index (χ2v) is 4.10. The number of anilines is 1. The second kappa shape index (κ2) is 6.33. The normalized spacial score (nSPS) is 11.0. The lowest BCUT2D eigenvalue weighted by Gasteiger charge is -2.22. The van der Waals surface area contributed by atoms with E-state index in [1.54, 1.807) is 0 Å². The fourth-order valence-corrected chi connectivity index (χ4v) is 1.53. The Bertz CT molecular complexity index is 546.